The quantitative estimate of drug-likeness (QED) is 0.448. The number of carbonyl (C=O) groups excluding carboxylic acids is 4. The molecule has 0 saturated heterocycles. The largest absolute Gasteiger partial charge is 0.545 e. The third-order valence-corrected chi connectivity index (χ3v) is 4.50. The van der Waals surface area contributed by atoms with Crippen molar-refractivity contribution in [2.75, 3.05) is 0 Å². The molecule has 0 aromatic carbocycles. The fourth-order valence-corrected chi connectivity index (χ4v) is 2.25. The molecule has 0 fully saturated rings. The minimum Gasteiger partial charge on any atom is -0.545 e. The molecule has 4 nitrogen and oxygen atoms in total. The van der Waals surface area contributed by atoms with Crippen molar-refractivity contribution in [3.8, 4) is 0 Å². The van der Waals surface area contributed by atoms with Crippen molar-refractivity contribution in [3.05, 3.63) is 0 Å². The molecule has 0 aliphatic carbocycles. The normalized spacial score (nSPS) is 5.50. The van der Waals surface area contributed by atoms with E-state index >= 15 is 0 Å². The van der Waals surface area contributed by atoms with E-state index in [1.54, 1.807) is 0 Å². The maximum Gasteiger partial charge on any atom is 0.0470 e. The van der Waals surface area contributed by atoms with Crippen LogP contribution in [-0.2, 0) is 36.0 Å². The smallest absolute Gasteiger partial charge is 0.0470 e. The summed E-state index contributed by atoms with van der Waals surface area (Å²) in [6.07, 6.45) is 0. The first-order chi connectivity index (χ1) is 7.35. The van der Waals surface area contributed by atoms with Crippen LogP contribution in [0.4, 0.5) is 0 Å². The summed E-state index contributed by atoms with van der Waals surface area (Å²) in [6, 6.07) is 4.37. The van der Waals surface area contributed by atoms with E-state index in [0.717, 1.165) is 0 Å². The second kappa shape index (κ2) is 88.6. The summed E-state index contributed by atoms with van der Waals surface area (Å²) < 4.78 is 0. The third kappa shape index (κ3) is 70.6. The Bertz CT molecular complexity index is 71.7. The molecule has 0 rings (SSSR count). The molecule has 0 atom stereocenters. The number of hydrogen-bond acceptors (Lipinski definition) is 4. The van der Waals surface area contributed by atoms with Crippen molar-refractivity contribution in [2.24, 2.45) is 0 Å². The minimum absolute atomic E-state index is 0. The van der Waals surface area contributed by atoms with Crippen LogP contribution in [0.15, 0.2) is 0 Å². The van der Waals surface area contributed by atoms with Crippen LogP contribution >= 0.6 is 0 Å². The van der Waals surface area contributed by atoms with Gasteiger partial charge in [-0.1, -0.05) is 38.9 Å². The molecule has 16 heavy (non-hydrogen) atoms. The van der Waals surface area contributed by atoms with E-state index in [9.17, 15) is 0 Å². The van der Waals surface area contributed by atoms with Crippen molar-refractivity contribution in [3.63, 3.8) is 0 Å². The number of hydrogen-bond donors (Lipinski definition) is 0. The Morgan fingerprint density at radius 3 is 0.750 bits per heavy atom. The first kappa shape index (κ1) is 36.1. The van der Waals surface area contributed by atoms with E-state index in [1.165, 1.54) is 18.1 Å². The van der Waals surface area contributed by atoms with Gasteiger partial charge in [-0.15, -0.1) is 0 Å². The van der Waals surface area contributed by atoms with E-state index in [4.69, 9.17) is 19.2 Å². The standard InChI is InChI=1S/C6H15Si.4CHO.Co/c1-4-7(5-2)6-3;4*1-2;/h4-6H2,1-3H3;4*1H;/q;4*-1;. The molecule has 0 unspecified atom stereocenters. The van der Waals surface area contributed by atoms with Crippen molar-refractivity contribution in [1.29, 1.82) is 0 Å². The molecule has 0 aromatic rings. The molecule has 0 spiro atoms. The van der Waals surface area contributed by atoms with Crippen LogP contribution in [0.5, 0.6) is 0 Å². The van der Waals surface area contributed by atoms with Gasteiger partial charge >= 0.3 is 0 Å². The van der Waals surface area contributed by atoms with Gasteiger partial charge in [-0.25, -0.2) is 0 Å². The molecule has 100 valence electrons. The second-order valence-corrected chi connectivity index (χ2v) is 5.43. The monoisotopic (exact) mass is 290 g/mol. The predicted molar refractivity (Wildman–Crippen MR) is 64.2 cm³/mol. The van der Waals surface area contributed by atoms with E-state index < -0.39 is 0 Å². The fraction of sp³-hybridized carbons (Fsp3) is 0.600. The molecule has 0 N–H and O–H groups in total. The average molecular weight is 290 g/mol. The van der Waals surface area contributed by atoms with Crippen LogP contribution in [0.1, 0.15) is 20.8 Å². The molecule has 0 heterocycles. The Kier molecular flexibility index (Phi) is 200. The molecule has 0 aromatic heterocycles. The van der Waals surface area contributed by atoms with Crippen LogP contribution in [0, 0.1) is 0 Å². The molecule has 0 bridgehead atoms. The van der Waals surface area contributed by atoms with Crippen LogP contribution in [0.3, 0.4) is 0 Å². The van der Waals surface area contributed by atoms with Crippen LogP contribution in [0.25, 0.3) is 0 Å². The van der Waals surface area contributed by atoms with Gasteiger partial charge in [-0.3, -0.25) is 27.2 Å². The SMILES string of the molecule is CC[Si](CC)CC.[CH-]=O.[CH-]=O.[CH-]=O.[CH-]=O.[Co]. The van der Waals surface area contributed by atoms with Gasteiger partial charge in [0, 0.05) is 25.6 Å². The van der Waals surface area contributed by atoms with E-state index in [-0.39, 0.29) is 25.6 Å². The maximum absolute atomic E-state index is 7.75. The van der Waals surface area contributed by atoms with E-state index in [1.807, 2.05) is 0 Å². The Labute approximate surface area is 111 Å². The fourth-order valence-electron chi connectivity index (χ4n) is 0.750. The van der Waals surface area contributed by atoms with Crippen LogP contribution in [-0.4, -0.2) is 36.0 Å². The summed E-state index contributed by atoms with van der Waals surface area (Å²) in [4.78, 5) is 31.0. The maximum atomic E-state index is 7.75. The Hall–Kier alpha value is -0.597. The summed E-state index contributed by atoms with van der Waals surface area (Å²) in [5.41, 5.74) is 0. The molecular formula is C10H19CoO4Si-4. The Morgan fingerprint density at radius 1 is 0.625 bits per heavy atom. The first-order valence-corrected chi connectivity index (χ1v) is 6.25. The van der Waals surface area contributed by atoms with Gasteiger partial charge in [0.2, 0.25) is 0 Å². The molecule has 6 heteroatoms. The average Bonchev–Trinajstić information content (AvgIpc) is 2.41. The molecular weight excluding hydrogens is 271 g/mol. The molecule has 0 saturated carbocycles. The second-order valence-electron chi connectivity index (χ2n) is 1.81. The van der Waals surface area contributed by atoms with Crippen molar-refractivity contribution in [2.45, 2.75) is 38.9 Å². The van der Waals surface area contributed by atoms with Gasteiger partial charge < -0.3 is 19.2 Å². The summed E-state index contributed by atoms with van der Waals surface area (Å²) >= 11 is 0. The molecule has 0 amide bonds. The minimum atomic E-state index is 0. The van der Waals surface area contributed by atoms with Crippen molar-refractivity contribution >= 4 is 36.0 Å². The summed E-state index contributed by atoms with van der Waals surface area (Å²) in [5.74, 6) is 0. The molecule has 0 aliphatic rings. The van der Waals surface area contributed by atoms with Gasteiger partial charge in [0.15, 0.2) is 0 Å². The summed E-state index contributed by atoms with van der Waals surface area (Å²) in [6.45, 7) is 19.9. The first-order valence-electron chi connectivity index (χ1n) is 4.12. The van der Waals surface area contributed by atoms with Crippen molar-refractivity contribution in [1.82, 2.24) is 0 Å². The topological polar surface area (TPSA) is 68.3 Å². The molecule has 2 radical (unpaired) electrons. The zero-order chi connectivity index (χ0) is 13.7. The number of rotatable bonds is 3. The Balaban J connectivity index is -0.0000000238. The van der Waals surface area contributed by atoms with Gasteiger partial charge in [0.25, 0.3) is 0 Å². The van der Waals surface area contributed by atoms with Crippen LogP contribution < -0.4 is 0 Å². The Morgan fingerprint density at radius 2 is 0.750 bits per heavy atom. The van der Waals surface area contributed by atoms with Crippen LogP contribution in [0.2, 0.25) is 18.1 Å². The zero-order valence-corrected chi connectivity index (χ0v) is 11.9. The summed E-state index contributed by atoms with van der Waals surface area (Å²) in [5, 5.41) is 0. The van der Waals surface area contributed by atoms with Gasteiger partial charge in [-0.05, 0) is 0 Å². The van der Waals surface area contributed by atoms with Gasteiger partial charge in [-0.2, -0.15) is 0 Å². The van der Waals surface area contributed by atoms with Gasteiger partial charge in [0.1, 0.15) is 0 Å². The predicted octanol–water partition coefficient (Wildman–Crippen LogP) is 1.44. The van der Waals surface area contributed by atoms with E-state index in [0.29, 0.717) is 0 Å². The molecule has 0 aliphatic heterocycles. The van der Waals surface area contributed by atoms with E-state index in [2.05, 4.69) is 47.9 Å². The summed E-state index contributed by atoms with van der Waals surface area (Å²) in [7, 11) is 0.137. The third-order valence-electron chi connectivity index (χ3n) is 1.50. The van der Waals surface area contributed by atoms with Gasteiger partial charge in [0.05, 0.1) is 0 Å². The van der Waals surface area contributed by atoms with Crippen molar-refractivity contribution < 1.29 is 36.0 Å². The zero-order valence-electron chi connectivity index (χ0n) is 9.90.